The summed E-state index contributed by atoms with van der Waals surface area (Å²) in [5, 5.41) is 4.03. The predicted molar refractivity (Wildman–Crippen MR) is 110 cm³/mol. The first-order valence-electron chi connectivity index (χ1n) is 11.2. The summed E-state index contributed by atoms with van der Waals surface area (Å²) in [6.45, 7) is 8.31. The summed E-state index contributed by atoms with van der Waals surface area (Å²) in [7, 11) is 0. The van der Waals surface area contributed by atoms with E-state index in [2.05, 4.69) is 36.1 Å². The average Bonchev–Trinajstić information content (AvgIpc) is 3.24. The van der Waals surface area contributed by atoms with E-state index < -0.39 is 0 Å². The molecule has 2 saturated carbocycles. The van der Waals surface area contributed by atoms with Crippen LogP contribution in [0.15, 0.2) is 22.2 Å². The quantitative estimate of drug-likeness (QED) is 0.503. The van der Waals surface area contributed by atoms with Gasteiger partial charge in [0.25, 0.3) is 5.89 Å². The molecule has 4 aliphatic carbocycles. The third-order valence-electron chi connectivity index (χ3n) is 8.73. The fourth-order valence-corrected chi connectivity index (χ4v) is 7.27. The molecular formula is C24H32N2O3. The Morgan fingerprint density at radius 2 is 1.93 bits per heavy atom. The number of nitrogens with zero attached hydrogens (tertiary/aromatic N) is 2. The molecule has 156 valence electrons. The molecule has 0 unspecified atom stereocenters. The zero-order valence-corrected chi connectivity index (χ0v) is 18.0. The normalized spacial score (nSPS) is 41.0. The van der Waals surface area contributed by atoms with Crippen LogP contribution >= 0.6 is 0 Å². The van der Waals surface area contributed by atoms with Gasteiger partial charge in [-0.15, -0.1) is 0 Å². The van der Waals surface area contributed by atoms with Gasteiger partial charge in [-0.05, 0) is 68.6 Å². The summed E-state index contributed by atoms with van der Waals surface area (Å²) < 4.78 is 11.1. The Balaban J connectivity index is 1.41. The van der Waals surface area contributed by atoms with Gasteiger partial charge in [-0.3, -0.25) is 4.79 Å². The fraction of sp³-hybridized carbons (Fsp3) is 0.708. The average molecular weight is 397 g/mol. The summed E-state index contributed by atoms with van der Waals surface area (Å²) in [6.07, 6.45) is 12.7. The number of aromatic nitrogens is 2. The molecule has 0 amide bonds. The van der Waals surface area contributed by atoms with Gasteiger partial charge in [0.05, 0.1) is 0 Å². The second-order valence-corrected chi connectivity index (χ2v) is 10.2. The van der Waals surface area contributed by atoms with Gasteiger partial charge < -0.3 is 9.26 Å². The molecule has 6 atom stereocenters. The molecule has 0 N–H and O–H groups in total. The number of carbonyl (C=O) groups excluding carboxylic acids is 1. The van der Waals surface area contributed by atoms with Gasteiger partial charge in [-0.2, -0.15) is 4.98 Å². The predicted octanol–water partition coefficient (Wildman–Crippen LogP) is 5.27. The van der Waals surface area contributed by atoms with Crippen LogP contribution in [0, 0.1) is 35.5 Å². The molecule has 0 bridgehead atoms. The van der Waals surface area contributed by atoms with Crippen molar-refractivity contribution < 1.29 is 14.1 Å². The number of hydrogen-bond acceptors (Lipinski definition) is 5. The van der Waals surface area contributed by atoms with Crippen LogP contribution in [0.2, 0.25) is 0 Å². The highest BCUT2D eigenvalue weighted by Gasteiger charge is 2.57. The Bertz CT molecular complexity index is 900. The van der Waals surface area contributed by atoms with Crippen molar-refractivity contribution in [2.24, 2.45) is 28.6 Å². The largest absolute Gasteiger partial charge is 0.462 e. The Kier molecular flexibility index (Phi) is 4.31. The van der Waals surface area contributed by atoms with E-state index in [1.807, 2.05) is 6.92 Å². The molecule has 2 fully saturated rings. The van der Waals surface area contributed by atoms with Crippen molar-refractivity contribution >= 4 is 11.5 Å². The summed E-state index contributed by atoms with van der Waals surface area (Å²) >= 11 is 0. The Hall–Kier alpha value is -1.91. The molecule has 0 radical (unpaired) electrons. The van der Waals surface area contributed by atoms with E-state index in [1.54, 1.807) is 5.57 Å². The summed E-state index contributed by atoms with van der Waals surface area (Å²) in [6, 6.07) is 0. The molecule has 1 heterocycles. The van der Waals surface area contributed by atoms with E-state index in [9.17, 15) is 4.79 Å². The smallest absolute Gasteiger partial charge is 0.302 e. The number of hydrogen-bond donors (Lipinski definition) is 0. The van der Waals surface area contributed by atoms with Crippen LogP contribution in [0.4, 0.5) is 0 Å². The van der Waals surface area contributed by atoms with Crippen LogP contribution in [-0.2, 0) is 9.53 Å². The van der Waals surface area contributed by atoms with Crippen molar-refractivity contribution in [1.29, 1.82) is 0 Å². The van der Waals surface area contributed by atoms with Crippen molar-refractivity contribution in [2.45, 2.75) is 78.7 Å². The number of fused-ring (bicyclic) bond motifs is 5. The molecule has 5 rings (SSSR count). The first kappa shape index (κ1) is 19.1. The van der Waals surface area contributed by atoms with E-state index in [0.717, 1.165) is 43.9 Å². The topological polar surface area (TPSA) is 65.2 Å². The SMILES string of the molecule is CC(=O)O[C@H]1CC[C@@]2(C)C(=CC[C@@H]3[C@@H]2CC[C@]2(C)C(c4nc(C)no4)=CC[C@@H]32)C1. The molecule has 1 aromatic heterocycles. The van der Waals surface area contributed by atoms with Gasteiger partial charge in [0, 0.05) is 24.3 Å². The summed E-state index contributed by atoms with van der Waals surface area (Å²) in [5.41, 5.74) is 3.21. The number of carbonyl (C=O) groups is 1. The molecular weight excluding hydrogens is 364 g/mol. The highest BCUT2D eigenvalue weighted by atomic mass is 16.5. The van der Waals surface area contributed by atoms with E-state index in [0.29, 0.717) is 17.7 Å². The minimum absolute atomic E-state index is 0.0674. The highest BCUT2D eigenvalue weighted by Crippen LogP contribution is 2.66. The zero-order chi connectivity index (χ0) is 20.4. The molecule has 0 aromatic carbocycles. The van der Waals surface area contributed by atoms with Gasteiger partial charge >= 0.3 is 5.97 Å². The minimum atomic E-state index is -0.151. The Morgan fingerprint density at radius 1 is 1.14 bits per heavy atom. The van der Waals surface area contributed by atoms with Crippen LogP contribution in [0.25, 0.3) is 5.57 Å². The third-order valence-corrected chi connectivity index (χ3v) is 8.73. The van der Waals surface area contributed by atoms with Crippen LogP contribution in [0.3, 0.4) is 0 Å². The first-order valence-corrected chi connectivity index (χ1v) is 11.2. The van der Waals surface area contributed by atoms with Gasteiger partial charge in [0.2, 0.25) is 0 Å². The third kappa shape index (κ3) is 2.83. The van der Waals surface area contributed by atoms with Gasteiger partial charge in [0.1, 0.15) is 6.10 Å². The minimum Gasteiger partial charge on any atom is -0.462 e. The molecule has 0 saturated heterocycles. The van der Waals surface area contributed by atoms with Gasteiger partial charge in [-0.1, -0.05) is 36.7 Å². The maximum Gasteiger partial charge on any atom is 0.302 e. The number of aryl methyl sites for hydroxylation is 1. The van der Waals surface area contributed by atoms with Crippen molar-refractivity contribution in [1.82, 2.24) is 10.1 Å². The van der Waals surface area contributed by atoms with Crippen LogP contribution < -0.4 is 0 Å². The lowest BCUT2D eigenvalue weighted by Crippen LogP contribution is -2.50. The first-order chi connectivity index (χ1) is 13.8. The van der Waals surface area contributed by atoms with E-state index in [1.165, 1.54) is 25.3 Å². The maximum atomic E-state index is 11.4. The fourth-order valence-electron chi connectivity index (χ4n) is 7.27. The summed E-state index contributed by atoms with van der Waals surface area (Å²) in [4.78, 5) is 16.0. The highest BCUT2D eigenvalue weighted by molar-refractivity contribution is 5.67. The van der Waals surface area contributed by atoms with Crippen LogP contribution in [-0.4, -0.2) is 22.2 Å². The molecule has 29 heavy (non-hydrogen) atoms. The number of allylic oxidation sites excluding steroid dienone is 3. The van der Waals surface area contributed by atoms with Crippen molar-refractivity contribution in [3.63, 3.8) is 0 Å². The number of ether oxygens (including phenoxy) is 1. The Labute approximate surface area is 173 Å². The molecule has 5 nitrogen and oxygen atoms in total. The van der Waals surface area contributed by atoms with Crippen molar-refractivity contribution in [3.05, 3.63) is 29.4 Å². The standard InChI is InChI=1S/C24H32N2O3/c1-14-25-22(29-26-14)21-8-7-19-18-6-5-16-13-17(28-15(2)27)9-11-23(16,3)20(18)10-12-24(19,21)4/h5,8,17-20H,6-7,9-13H2,1-4H3/t17-,18-,19-,20-,23-,24-/m0/s1. The molecule has 4 aliphatic rings. The van der Waals surface area contributed by atoms with Crippen LogP contribution in [0.1, 0.15) is 77.4 Å². The lowest BCUT2D eigenvalue weighted by atomic mass is 9.47. The Morgan fingerprint density at radius 3 is 2.66 bits per heavy atom. The monoisotopic (exact) mass is 396 g/mol. The zero-order valence-electron chi connectivity index (χ0n) is 18.0. The number of esters is 1. The van der Waals surface area contributed by atoms with Crippen LogP contribution in [0.5, 0.6) is 0 Å². The van der Waals surface area contributed by atoms with E-state index in [-0.39, 0.29) is 22.9 Å². The van der Waals surface area contributed by atoms with E-state index in [4.69, 9.17) is 9.26 Å². The second kappa shape index (κ2) is 6.55. The molecule has 0 aliphatic heterocycles. The second-order valence-electron chi connectivity index (χ2n) is 10.2. The lowest BCUT2D eigenvalue weighted by Gasteiger charge is -2.57. The van der Waals surface area contributed by atoms with Gasteiger partial charge in [0.15, 0.2) is 5.82 Å². The maximum absolute atomic E-state index is 11.4. The summed E-state index contributed by atoms with van der Waals surface area (Å²) in [5.74, 6) is 3.35. The number of rotatable bonds is 2. The van der Waals surface area contributed by atoms with Crippen molar-refractivity contribution in [3.8, 4) is 0 Å². The molecule has 5 heteroatoms. The molecule has 0 spiro atoms. The molecule has 1 aromatic rings. The lowest BCUT2D eigenvalue weighted by molar-refractivity contribution is -0.148. The van der Waals surface area contributed by atoms with Crippen molar-refractivity contribution in [2.75, 3.05) is 0 Å². The van der Waals surface area contributed by atoms with Gasteiger partial charge in [-0.25, -0.2) is 0 Å². The van der Waals surface area contributed by atoms with E-state index >= 15 is 0 Å².